The zero-order valence-corrected chi connectivity index (χ0v) is 7.26. The summed E-state index contributed by atoms with van der Waals surface area (Å²) in [6.45, 7) is 2.22. The van der Waals surface area contributed by atoms with Crippen LogP contribution in [0.15, 0.2) is 0 Å². The lowest BCUT2D eigenvalue weighted by atomic mass is 10.7. The molecule has 0 aliphatic carbocycles. The van der Waals surface area contributed by atoms with Crippen molar-refractivity contribution in [3.8, 4) is 0 Å². The quantitative estimate of drug-likeness (QED) is 0.370. The van der Waals surface area contributed by atoms with Gasteiger partial charge in [-0.15, -0.1) is 24.8 Å². The average molecular weight is 191 g/mol. The molecule has 0 aromatic heterocycles. The minimum absolute atomic E-state index is 0. The molecule has 3 N–H and O–H groups in total. The van der Waals surface area contributed by atoms with Gasteiger partial charge in [0.2, 0.25) is 0 Å². The summed E-state index contributed by atoms with van der Waals surface area (Å²) in [5.41, 5.74) is 2.18. The van der Waals surface area contributed by atoms with Crippen molar-refractivity contribution in [3.63, 3.8) is 0 Å². The number of hydrogen-bond donors (Lipinski definition) is 2. The van der Waals surface area contributed by atoms with Crippen LogP contribution in [-0.2, 0) is 9.53 Å². The SMILES string of the molecule is CCOC(=O)CNN.Cl.Cl. The van der Waals surface area contributed by atoms with E-state index in [9.17, 15) is 4.79 Å². The molecule has 6 heteroatoms. The van der Waals surface area contributed by atoms with Gasteiger partial charge in [-0.2, -0.15) is 0 Å². The lowest BCUT2D eigenvalue weighted by Crippen LogP contribution is -2.30. The second kappa shape index (κ2) is 11.7. The van der Waals surface area contributed by atoms with Gasteiger partial charge in [-0.05, 0) is 6.92 Å². The Hall–Kier alpha value is -0.0300. The second-order valence-electron chi connectivity index (χ2n) is 1.19. The van der Waals surface area contributed by atoms with E-state index in [0.717, 1.165) is 0 Å². The minimum atomic E-state index is -0.324. The van der Waals surface area contributed by atoms with Crippen LogP contribution < -0.4 is 11.3 Å². The normalized spacial score (nSPS) is 7.00. The molecule has 0 aliphatic rings. The Morgan fingerprint density at radius 1 is 1.60 bits per heavy atom. The standard InChI is InChI=1S/C4H10N2O2.2ClH/c1-2-8-4(7)3-6-5;;/h6H,2-3,5H2,1H3;2*1H. The number of nitrogens with one attached hydrogen (secondary N) is 1. The van der Waals surface area contributed by atoms with Gasteiger partial charge in [0, 0.05) is 0 Å². The molecule has 0 spiro atoms. The Bertz CT molecular complexity index is 73.7. The summed E-state index contributed by atoms with van der Waals surface area (Å²) in [5.74, 6) is 4.48. The summed E-state index contributed by atoms with van der Waals surface area (Å²) in [6, 6.07) is 0. The van der Waals surface area contributed by atoms with Gasteiger partial charge < -0.3 is 4.74 Å². The molecule has 0 atom stereocenters. The zero-order valence-electron chi connectivity index (χ0n) is 5.62. The molecule has 64 valence electrons. The maximum absolute atomic E-state index is 10.3. The molecule has 0 saturated carbocycles. The molecular weight excluding hydrogens is 179 g/mol. The number of ether oxygens (including phenoxy) is 1. The number of rotatable bonds is 3. The number of nitrogens with two attached hydrogens (primary N) is 1. The van der Waals surface area contributed by atoms with Gasteiger partial charge in [-0.1, -0.05) is 0 Å². The number of esters is 1. The minimum Gasteiger partial charge on any atom is -0.465 e. The summed E-state index contributed by atoms with van der Waals surface area (Å²) < 4.78 is 4.50. The summed E-state index contributed by atoms with van der Waals surface area (Å²) in [4.78, 5) is 10.3. The highest BCUT2D eigenvalue weighted by molar-refractivity contribution is 5.85. The monoisotopic (exact) mass is 190 g/mol. The van der Waals surface area contributed by atoms with Crippen LogP contribution in [-0.4, -0.2) is 19.1 Å². The second-order valence-corrected chi connectivity index (χ2v) is 1.19. The molecule has 0 heterocycles. The van der Waals surface area contributed by atoms with E-state index >= 15 is 0 Å². The third-order valence-electron chi connectivity index (χ3n) is 0.552. The predicted molar refractivity (Wildman–Crippen MR) is 43.3 cm³/mol. The van der Waals surface area contributed by atoms with Crippen LogP contribution in [0.25, 0.3) is 0 Å². The first-order chi connectivity index (χ1) is 3.81. The van der Waals surface area contributed by atoms with Crippen LogP contribution in [0.3, 0.4) is 0 Å². The molecule has 0 rings (SSSR count). The molecular formula is C4H12Cl2N2O2. The Labute approximate surface area is 72.3 Å². The number of hydrogen-bond acceptors (Lipinski definition) is 4. The van der Waals surface area contributed by atoms with Gasteiger partial charge in [0.05, 0.1) is 6.61 Å². The fraction of sp³-hybridized carbons (Fsp3) is 0.750. The fourth-order valence-corrected chi connectivity index (χ4v) is 0.295. The Morgan fingerprint density at radius 2 is 2.10 bits per heavy atom. The van der Waals surface area contributed by atoms with Crippen molar-refractivity contribution in [2.75, 3.05) is 13.2 Å². The van der Waals surface area contributed by atoms with E-state index in [2.05, 4.69) is 10.2 Å². The fourth-order valence-electron chi connectivity index (χ4n) is 0.295. The third kappa shape index (κ3) is 10.9. The van der Waals surface area contributed by atoms with Gasteiger partial charge in [0.25, 0.3) is 0 Å². The van der Waals surface area contributed by atoms with Crippen molar-refractivity contribution in [1.82, 2.24) is 5.43 Å². The average Bonchev–Trinajstić information content (AvgIpc) is 1.68. The molecule has 4 nitrogen and oxygen atoms in total. The van der Waals surface area contributed by atoms with E-state index in [0.29, 0.717) is 6.61 Å². The van der Waals surface area contributed by atoms with Crippen LogP contribution in [0.1, 0.15) is 6.92 Å². The molecule has 0 saturated heterocycles. The summed E-state index contributed by atoms with van der Waals surface area (Å²) >= 11 is 0. The van der Waals surface area contributed by atoms with Crippen LogP contribution in [0, 0.1) is 0 Å². The first kappa shape index (κ1) is 16.5. The van der Waals surface area contributed by atoms with Crippen LogP contribution >= 0.6 is 24.8 Å². The Morgan fingerprint density at radius 3 is 2.40 bits per heavy atom. The molecule has 0 bridgehead atoms. The highest BCUT2D eigenvalue weighted by Gasteiger charge is 1.95. The van der Waals surface area contributed by atoms with Gasteiger partial charge in [-0.25, -0.2) is 5.43 Å². The van der Waals surface area contributed by atoms with Crippen molar-refractivity contribution in [3.05, 3.63) is 0 Å². The summed E-state index contributed by atoms with van der Waals surface area (Å²) in [7, 11) is 0. The van der Waals surface area contributed by atoms with Gasteiger partial charge >= 0.3 is 5.97 Å². The molecule has 0 unspecified atom stereocenters. The lowest BCUT2D eigenvalue weighted by molar-refractivity contribution is -0.141. The number of carbonyl (C=O) groups is 1. The van der Waals surface area contributed by atoms with Crippen LogP contribution in [0.4, 0.5) is 0 Å². The number of carbonyl (C=O) groups excluding carboxylic acids is 1. The van der Waals surface area contributed by atoms with Crippen molar-refractivity contribution in [2.45, 2.75) is 6.92 Å². The topological polar surface area (TPSA) is 64.3 Å². The Balaban J connectivity index is -0.000000245. The zero-order chi connectivity index (χ0) is 6.41. The maximum atomic E-state index is 10.3. The van der Waals surface area contributed by atoms with Crippen molar-refractivity contribution in [2.24, 2.45) is 5.84 Å². The van der Waals surface area contributed by atoms with Crippen molar-refractivity contribution < 1.29 is 9.53 Å². The predicted octanol–water partition coefficient (Wildman–Crippen LogP) is -0.144. The molecule has 0 aliphatic heterocycles. The summed E-state index contributed by atoms with van der Waals surface area (Å²) in [5, 5.41) is 0. The van der Waals surface area contributed by atoms with E-state index in [1.807, 2.05) is 0 Å². The van der Waals surface area contributed by atoms with E-state index < -0.39 is 0 Å². The van der Waals surface area contributed by atoms with E-state index in [1.54, 1.807) is 6.92 Å². The number of hydrazine groups is 1. The van der Waals surface area contributed by atoms with Crippen molar-refractivity contribution in [1.29, 1.82) is 0 Å². The maximum Gasteiger partial charge on any atom is 0.321 e. The molecule has 0 aromatic carbocycles. The van der Waals surface area contributed by atoms with Crippen LogP contribution in [0.5, 0.6) is 0 Å². The molecule has 0 amide bonds. The van der Waals surface area contributed by atoms with E-state index in [1.165, 1.54) is 0 Å². The molecule has 0 fully saturated rings. The van der Waals surface area contributed by atoms with Gasteiger partial charge in [0.1, 0.15) is 6.54 Å². The van der Waals surface area contributed by atoms with Gasteiger partial charge in [-0.3, -0.25) is 10.6 Å². The third-order valence-corrected chi connectivity index (χ3v) is 0.552. The molecule has 0 aromatic rings. The summed E-state index contributed by atoms with van der Waals surface area (Å²) in [6.07, 6.45) is 0. The molecule has 0 radical (unpaired) electrons. The largest absolute Gasteiger partial charge is 0.465 e. The highest BCUT2D eigenvalue weighted by Crippen LogP contribution is 1.71. The lowest BCUT2D eigenvalue weighted by Gasteiger charge is -1.97. The van der Waals surface area contributed by atoms with Gasteiger partial charge in [0.15, 0.2) is 0 Å². The van der Waals surface area contributed by atoms with E-state index in [4.69, 9.17) is 5.84 Å². The number of halogens is 2. The Kier molecular flexibility index (Phi) is 19.4. The van der Waals surface area contributed by atoms with Crippen LogP contribution in [0.2, 0.25) is 0 Å². The first-order valence-electron chi connectivity index (χ1n) is 2.40. The van der Waals surface area contributed by atoms with E-state index in [-0.39, 0.29) is 37.3 Å². The van der Waals surface area contributed by atoms with Crippen molar-refractivity contribution >= 4 is 30.8 Å². The molecule has 10 heavy (non-hydrogen) atoms. The smallest absolute Gasteiger partial charge is 0.321 e. The highest BCUT2D eigenvalue weighted by atomic mass is 35.5. The first-order valence-corrected chi connectivity index (χ1v) is 2.40.